The average Bonchev–Trinajstić information content (AvgIpc) is 3.09. The van der Waals surface area contributed by atoms with Crippen molar-refractivity contribution in [1.82, 2.24) is 10.6 Å². The number of ether oxygens (including phenoxy) is 1. The van der Waals surface area contributed by atoms with Crippen LogP contribution >= 0.6 is 23.2 Å². The van der Waals surface area contributed by atoms with Gasteiger partial charge in [-0.15, -0.1) is 0 Å². The Hall–Kier alpha value is -2.30. The summed E-state index contributed by atoms with van der Waals surface area (Å²) in [7, 11) is 0. The Morgan fingerprint density at radius 1 is 1.17 bits per heavy atom. The normalized spacial score (nSPS) is 24.1. The Bertz CT molecular complexity index is 1050. The van der Waals surface area contributed by atoms with Crippen molar-refractivity contribution < 1.29 is 14.6 Å². The molecule has 1 aliphatic heterocycles. The molecule has 0 aromatic heterocycles. The van der Waals surface area contributed by atoms with E-state index in [9.17, 15) is 10.1 Å². The number of unbranched alkanes of at least 4 members (excludes halogenated alkanes) is 1. The second-order valence-corrected chi connectivity index (χ2v) is 11.1. The van der Waals surface area contributed by atoms with Crippen molar-refractivity contribution in [2.24, 2.45) is 5.41 Å². The molecule has 3 rings (SSSR count). The van der Waals surface area contributed by atoms with Gasteiger partial charge < -0.3 is 15.2 Å². The van der Waals surface area contributed by atoms with Gasteiger partial charge in [-0.2, -0.15) is 5.26 Å². The smallest absolute Gasteiger partial charge is 0.408 e. The van der Waals surface area contributed by atoms with Gasteiger partial charge in [0.2, 0.25) is 0 Å². The summed E-state index contributed by atoms with van der Waals surface area (Å²) >= 11 is 12.5. The highest BCUT2D eigenvalue weighted by Crippen LogP contribution is 2.51. The van der Waals surface area contributed by atoms with Crippen molar-refractivity contribution >= 4 is 29.3 Å². The van der Waals surface area contributed by atoms with Crippen LogP contribution in [0.15, 0.2) is 48.5 Å². The summed E-state index contributed by atoms with van der Waals surface area (Å²) in [5.74, 6) is -0.525. The minimum Gasteiger partial charge on any atom is -0.430 e. The van der Waals surface area contributed by atoms with Crippen LogP contribution in [0.1, 0.15) is 57.1 Å². The van der Waals surface area contributed by atoms with Gasteiger partial charge in [0.1, 0.15) is 5.41 Å². The molecule has 1 aliphatic rings. The molecule has 2 aromatic rings. The maximum atomic E-state index is 12.7. The van der Waals surface area contributed by atoms with Gasteiger partial charge >= 0.3 is 6.09 Å². The molecule has 0 unspecified atom stereocenters. The first kappa shape index (κ1) is 27.3. The molecule has 0 bridgehead atoms. The van der Waals surface area contributed by atoms with E-state index in [1.165, 1.54) is 0 Å². The van der Waals surface area contributed by atoms with Gasteiger partial charge in [0.15, 0.2) is 6.23 Å². The molecule has 6 nitrogen and oxygen atoms in total. The molecule has 4 atom stereocenters. The zero-order valence-electron chi connectivity index (χ0n) is 20.4. The summed E-state index contributed by atoms with van der Waals surface area (Å²) in [6.45, 7) is 6.82. The molecule has 2 aromatic carbocycles. The molecule has 0 saturated carbocycles. The number of alkyl carbamates (subject to hydrolysis) is 1. The fraction of sp³-hybridized carbons (Fsp3) is 0.481. The second-order valence-electron chi connectivity index (χ2n) is 10.2. The lowest BCUT2D eigenvalue weighted by Gasteiger charge is -2.37. The van der Waals surface area contributed by atoms with Crippen molar-refractivity contribution in [3.63, 3.8) is 0 Å². The predicted molar refractivity (Wildman–Crippen MR) is 139 cm³/mol. The number of carbonyl (C=O) groups excluding carboxylic acids is 1. The van der Waals surface area contributed by atoms with Gasteiger partial charge in [-0.05, 0) is 60.1 Å². The molecule has 1 fully saturated rings. The van der Waals surface area contributed by atoms with E-state index >= 15 is 0 Å². The third-order valence-corrected chi connectivity index (χ3v) is 6.81. The molecule has 8 heteroatoms. The quantitative estimate of drug-likeness (QED) is 0.386. The first-order valence-corrected chi connectivity index (χ1v) is 12.6. The number of amides is 1. The van der Waals surface area contributed by atoms with Gasteiger partial charge in [-0.3, -0.25) is 5.32 Å². The highest BCUT2D eigenvalue weighted by Gasteiger charge is 2.59. The number of nitrogens with zero attached hydrogens (tertiary/aromatic N) is 1. The van der Waals surface area contributed by atoms with Crippen LogP contribution in [0.2, 0.25) is 10.0 Å². The van der Waals surface area contributed by atoms with E-state index in [1.807, 2.05) is 30.3 Å². The van der Waals surface area contributed by atoms with E-state index in [1.54, 1.807) is 18.2 Å². The number of carbonyl (C=O) groups is 1. The number of aliphatic hydroxyl groups is 1. The lowest BCUT2D eigenvalue weighted by molar-refractivity contribution is 0.0744. The molecule has 0 radical (unpaired) electrons. The number of rotatable bonds is 8. The van der Waals surface area contributed by atoms with Crippen LogP contribution in [0.3, 0.4) is 0 Å². The van der Waals surface area contributed by atoms with E-state index in [-0.39, 0.29) is 18.1 Å². The fourth-order valence-corrected chi connectivity index (χ4v) is 5.18. The van der Waals surface area contributed by atoms with Gasteiger partial charge in [0, 0.05) is 29.2 Å². The maximum absolute atomic E-state index is 12.7. The molecule has 0 spiro atoms. The van der Waals surface area contributed by atoms with Crippen molar-refractivity contribution in [2.75, 3.05) is 13.2 Å². The number of hydrogen-bond donors (Lipinski definition) is 3. The minimum absolute atomic E-state index is 0.0675. The van der Waals surface area contributed by atoms with Crippen LogP contribution in [-0.4, -0.2) is 36.6 Å². The summed E-state index contributed by atoms with van der Waals surface area (Å²) in [5.41, 5.74) is 0.443. The van der Waals surface area contributed by atoms with Crippen molar-refractivity contribution in [3.8, 4) is 6.07 Å². The molecule has 3 N–H and O–H groups in total. The minimum atomic E-state index is -1.05. The summed E-state index contributed by atoms with van der Waals surface area (Å²) in [4.78, 5) is 12.7. The van der Waals surface area contributed by atoms with E-state index in [2.05, 4.69) is 37.5 Å². The third kappa shape index (κ3) is 6.48. The van der Waals surface area contributed by atoms with Crippen molar-refractivity contribution in [3.05, 3.63) is 69.7 Å². The Labute approximate surface area is 217 Å². The summed E-state index contributed by atoms with van der Waals surface area (Å²) in [6, 6.07) is 17.0. The maximum Gasteiger partial charge on any atom is 0.408 e. The Kier molecular flexibility index (Phi) is 9.06. The van der Waals surface area contributed by atoms with Gasteiger partial charge in [-0.25, -0.2) is 4.79 Å². The van der Waals surface area contributed by atoms with Crippen LogP contribution in [0, 0.1) is 16.7 Å². The predicted octanol–water partition coefficient (Wildman–Crippen LogP) is 5.77. The second kappa shape index (κ2) is 11.6. The number of aliphatic hydroxyl groups excluding tert-OH is 1. The summed E-state index contributed by atoms with van der Waals surface area (Å²) < 4.78 is 5.90. The van der Waals surface area contributed by atoms with Crippen molar-refractivity contribution in [2.45, 2.75) is 63.6 Å². The van der Waals surface area contributed by atoms with Crippen LogP contribution in [-0.2, 0) is 10.2 Å². The molecule has 1 amide bonds. The summed E-state index contributed by atoms with van der Waals surface area (Å²) in [5, 5.41) is 27.1. The monoisotopic (exact) mass is 517 g/mol. The zero-order valence-corrected chi connectivity index (χ0v) is 21.9. The van der Waals surface area contributed by atoms with Gasteiger partial charge in [-0.1, -0.05) is 68.2 Å². The number of halogens is 2. The lowest BCUT2D eigenvalue weighted by Crippen LogP contribution is -2.44. The van der Waals surface area contributed by atoms with Gasteiger partial charge in [0.05, 0.1) is 12.0 Å². The lowest BCUT2D eigenvalue weighted by atomic mass is 9.64. The Morgan fingerprint density at radius 2 is 1.89 bits per heavy atom. The fourth-order valence-electron chi connectivity index (χ4n) is 4.86. The Balaban J connectivity index is 2.09. The molecular weight excluding hydrogens is 485 g/mol. The first-order valence-electron chi connectivity index (χ1n) is 11.8. The molecule has 1 saturated heterocycles. The molecule has 1 heterocycles. The van der Waals surface area contributed by atoms with E-state index in [0.717, 1.165) is 11.1 Å². The topological polar surface area (TPSA) is 94.4 Å². The number of nitriles is 1. The molecule has 188 valence electrons. The first-order chi connectivity index (χ1) is 16.6. The van der Waals surface area contributed by atoms with E-state index in [4.69, 9.17) is 33.0 Å². The van der Waals surface area contributed by atoms with E-state index < -0.39 is 23.7 Å². The van der Waals surface area contributed by atoms with Crippen molar-refractivity contribution in [1.29, 1.82) is 5.26 Å². The highest BCUT2D eigenvalue weighted by atomic mass is 35.5. The number of benzene rings is 2. The Morgan fingerprint density at radius 3 is 2.49 bits per heavy atom. The molecule has 0 aliphatic carbocycles. The number of hydrogen-bond acceptors (Lipinski definition) is 5. The summed E-state index contributed by atoms with van der Waals surface area (Å²) in [6.07, 6.45) is 0.550. The van der Waals surface area contributed by atoms with Crippen LogP contribution in [0.4, 0.5) is 4.79 Å². The van der Waals surface area contributed by atoms with Crippen LogP contribution in [0.5, 0.6) is 0 Å². The molecule has 35 heavy (non-hydrogen) atoms. The van der Waals surface area contributed by atoms with Crippen LogP contribution < -0.4 is 10.6 Å². The van der Waals surface area contributed by atoms with Crippen LogP contribution in [0.25, 0.3) is 0 Å². The zero-order chi connectivity index (χ0) is 25.6. The standard InChI is InChI=1S/C27H33Cl2N3O3/c1-26(2,3)16-22-27(17-30,19-9-11-20(28)12-10-19)23(18-7-6-8-21(29)15-18)24(32-22)35-25(34)31-13-4-5-14-33/h6-12,15,22-24,32-33H,4-5,13-14,16H2,1-3H3,(H,31,34)/t22-,23-,24+,27-/m0/s1. The molecular formula is C27H33Cl2N3O3. The van der Waals surface area contributed by atoms with E-state index in [0.29, 0.717) is 35.9 Å². The highest BCUT2D eigenvalue weighted by molar-refractivity contribution is 6.30. The largest absolute Gasteiger partial charge is 0.430 e. The van der Waals surface area contributed by atoms with Gasteiger partial charge in [0.25, 0.3) is 0 Å². The average molecular weight is 518 g/mol. The SMILES string of the molecule is CC(C)(C)C[C@@H]1N[C@H](OC(=O)NCCCCO)[C@H](c2cccc(Cl)c2)[C@@]1(C#N)c1ccc(Cl)cc1. The number of nitrogens with one attached hydrogen (secondary N) is 2. The third-order valence-electron chi connectivity index (χ3n) is 6.33.